The van der Waals surface area contributed by atoms with Gasteiger partial charge in [0.25, 0.3) is 0 Å². The Morgan fingerprint density at radius 1 is 0.944 bits per heavy atom. The zero-order chi connectivity index (χ0) is 12.4. The maximum absolute atomic E-state index is 11.4. The van der Waals surface area contributed by atoms with Gasteiger partial charge in [-0.05, 0) is 6.08 Å². The van der Waals surface area contributed by atoms with Crippen molar-refractivity contribution in [1.82, 2.24) is 16.8 Å². The lowest BCUT2D eigenvalue weighted by atomic mass is 9.98. The number of carbonyl (C=O) groups is 4. The molecular formula is C11H11N3O4. The minimum atomic E-state index is -1.16. The molecule has 0 aromatic heterocycles. The van der Waals surface area contributed by atoms with Crippen LogP contribution in [0.25, 0.3) is 0 Å². The lowest BCUT2D eigenvalue weighted by Gasteiger charge is -2.18. The van der Waals surface area contributed by atoms with Crippen LogP contribution in [0.3, 0.4) is 0 Å². The normalized spacial score (nSPS) is 21.7. The van der Waals surface area contributed by atoms with E-state index in [1.807, 2.05) is 10.6 Å². The van der Waals surface area contributed by atoms with Gasteiger partial charge >= 0.3 is 6.03 Å². The van der Waals surface area contributed by atoms with Crippen molar-refractivity contribution in [3.8, 4) is 0 Å². The lowest BCUT2D eigenvalue weighted by Crippen LogP contribution is -2.55. The summed E-state index contributed by atoms with van der Waals surface area (Å²) < 4.78 is 0. The SMILES string of the molecule is N.O=C1NC(=O)C(/C=C2\C=CC=CC2=O)C(=O)N1. The minimum absolute atomic E-state index is 0. The highest BCUT2D eigenvalue weighted by Crippen LogP contribution is 2.12. The maximum atomic E-state index is 11.4. The predicted molar refractivity (Wildman–Crippen MR) is 61.6 cm³/mol. The quantitative estimate of drug-likeness (QED) is 0.436. The number of allylic oxidation sites excluding steroid dienone is 5. The third kappa shape index (κ3) is 2.58. The number of urea groups is 1. The fraction of sp³-hybridized carbons (Fsp3) is 0.0909. The molecule has 7 nitrogen and oxygen atoms in total. The molecule has 1 aliphatic carbocycles. The van der Waals surface area contributed by atoms with Crippen LogP contribution in [0.4, 0.5) is 4.79 Å². The van der Waals surface area contributed by atoms with Gasteiger partial charge in [0.1, 0.15) is 5.92 Å². The van der Waals surface area contributed by atoms with Gasteiger partial charge in [-0.25, -0.2) is 4.79 Å². The Hall–Kier alpha value is -2.54. The minimum Gasteiger partial charge on any atom is -0.344 e. The molecule has 0 spiro atoms. The summed E-state index contributed by atoms with van der Waals surface area (Å²) in [6, 6.07) is -0.847. The van der Waals surface area contributed by atoms with Crippen molar-refractivity contribution in [1.29, 1.82) is 0 Å². The average molecular weight is 249 g/mol. The van der Waals surface area contributed by atoms with E-state index in [2.05, 4.69) is 0 Å². The van der Waals surface area contributed by atoms with Gasteiger partial charge in [-0.1, -0.05) is 24.3 Å². The molecular weight excluding hydrogens is 238 g/mol. The summed E-state index contributed by atoms with van der Waals surface area (Å²) in [5.74, 6) is -2.92. The van der Waals surface area contributed by atoms with Crippen LogP contribution in [0.15, 0.2) is 36.0 Å². The Labute approximate surface area is 102 Å². The predicted octanol–water partition coefficient (Wildman–Crippen LogP) is -0.248. The van der Waals surface area contributed by atoms with E-state index >= 15 is 0 Å². The van der Waals surface area contributed by atoms with Gasteiger partial charge in [-0.3, -0.25) is 25.0 Å². The second-order valence-electron chi connectivity index (χ2n) is 3.49. The molecule has 0 aromatic carbocycles. The third-order valence-electron chi connectivity index (χ3n) is 2.30. The van der Waals surface area contributed by atoms with Crippen LogP contribution >= 0.6 is 0 Å². The molecule has 0 saturated carbocycles. The Morgan fingerprint density at radius 3 is 2.06 bits per heavy atom. The van der Waals surface area contributed by atoms with Gasteiger partial charge in [0, 0.05) is 5.57 Å². The van der Waals surface area contributed by atoms with Crippen LogP contribution < -0.4 is 16.8 Å². The van der Waals surface area contributed by atoms with E-state index in [1.54, 1.807) is 12.2 Å². The van der Waals surface area contributed by atoms with Gasteiger partial charge in [0.2, 0.25) is 11.8 Å². The number of barbiturate groups is 1. The summed E-state index contributed by atoms with van der Waals surface area (Å²) in [6.07, 6.45) is 7.25. The standard InChI is InChI=1S/C11H8N2O4.H3N/c14-8-4-2-1-3-6(8)5-7-9(15)12-11(17)13-10(7)16;/h1-5,7H,(H2,12,13,15,16,17);1H3/b6-5+;. The highest BCUT2D eigenvalue weighted by molar-refractivity contribution is 6.18. The molecule has 7 heteroatoms. The fourth-order valence-electron chi connectivity index (χ4n) is 1.48. The van der Waals surface area contributed by atoms with Crippen LogP contribution in [0.5, 0.6) is 0 Å². The number of rotatable bonds is 1. The van der Waals surface area contributed by atoms with Crippen molar-refractivity contribution < 1.29 is 19.2 Å². The lowest BCUT2D eigenvalue weighted by molar-refractivity contribution is -0.133. The monoisotopic (exact) mass is 249 g/mol. The summed E-state index contributed by atoms with van der Waals surface area (Å²) in [7, 11) is 0. The Kier molecular flexibility index (Phi) is 3.90. The third-order valence-corrected chi connectivity index (χ3v) is 2.30. The van der Waals surface area contributed by atoms with Gasteiger partial charge in [0.15, 0.2) is 5.78 Å². The first-order valence-corrected chi connectivity index (χ1v) is 4.84. The molecule has 0 unspecified atom stereocenters. The Bertz CT molecular complexity index is 496. The molecule has 0 aromatic rings. The molecule has 2 rings (SSSR count). The smallest absolute Gasteiger partial charge is 0.328 e. The van der Waals surface area contributed by atoms with E-state index in [0.717, 1.165) is 0 Å². The summed E-state index contributed by atoms with van der Waals surface area (Å²) >= 11 is 0. The van der Waals surface area contributed by atoms with Crippen LogP contribution in [0.1, 0.15) is 0 Å². The van der Waals surface area contributed by atoms with Crippen molar-refractivity contribution in [3.05, 3.63) is 36.0 Å². The van der Waals surface area contributed by atoms with Gasteiger partial charge in [0.05, 0.1) is 0 Å². The number of ketones is 1. The summed E-state index contributed by atoms with van der Waals surface area (Å²) in [5.41, 5.74) is 0.247. The molecule has 0 radical (unpaired) electrons. The van der Waals surface area contributed by atoms with E-state index in [4.69, 9.17) is 0 Å². The van der Waals surface area contributed by atoms with E-state index in [9.17, 15) is 19.2 Å². The first-order chi connectivity index (χ1) is 8.08. The molecule has 18 heavy (non-hydrogen) atoms. The molecule has 0 atom stereocenters. The first kappa shape index (κ1) is 13.5. The van der Waals surface area contributed by atoms with Crippen molar-refractivity contribution in [2.75, 3.05) is 0 Å². The molecule has 94 valence electrons. The summed E-state index contributed by atoms with van der Waals surface area (Å²) in [5, 5.41) is 3.91. The van der Waals surface area contributed by atoms with Crippen LogP contribution in [0, 0.1) is 5.92 Å². The number of carbonyl (C=O) groups excluding carboxylic acids is 4. The summed E-state index contributed by atoms with van der Waals surface area (Å²) in [4.78, 5) is 45.0. The Morgan fingerprint density at radius 2 is 1.50 bits per heavy atom. The van der Waals surface area contributed by atoms with Crippen LogP contribution in [-0.2, 0) is 14.4 Å². The molecule has 1 aliphatic heterocycles. The topological polar surface area (TPSA) is 127 Å². The van der Waals surface area contributed by atoms with Crippen molar-refractivity contribution >= 4 is 23.6 Å². The number of hydrogen-bond acceptors (Lipinski definition) is 5. The van der Waals surface area contributed by atoms with Gasteiger partial charge in [-0.2, -0.15) is 0 Å². The highest BCUT2D eigenvalue weighted by Gasteiger charge is 2.33. The van der Waals surface area contributed by atoms with Crippen LogP contribution in [-0.4, -0.2) is 23.6 Å². The van der Waals surface area contributed by atoms with E-state index in [0.29, 0.717) is 0 Å². The first-order valence-electron chi connectivity index (χ1n) is 4.84. The highest BCUT2D eigenvalue weighted by atomic mass is 16.2. The zero-order valence-electron chi connectivity index (χ0n) is 9.30. The number of nitrogens with one attached hydrogen (secondary N) is 2. The van der Waals surface area contributed by atoms with Crippen molar-refractivity contribution in [2.24, 2.45) is 5.92 Å². The maximum Gasteiger partial charge on any atom is 0.328 e. The number of imide groups is 2. The van der Waals surface area contributed by atoms with E-state index in [1.165, 1.54) is 18.2 Å². The second kappa shape index (κ2) is 5.19. The molecule has 5 N–H and O–H groups in total. The van der Waals surface area contributed by atoms with Crippen molar-refractivity contribution in [2.45, 2.75) is 0 Å². The second-order valence-corrected chi connectivity index (χ2v) is 3.49. The molecule has 0 bridgehead atoms. The molecule has 1 heterocycles. The van der Waals surface area contributed by atoms with Crippen LogP contribution in [0.2, 0.25) is 0 Å². The molecule has 2 aliphatic rings. The van der Waals surface area contributed by atoms with E-state index in [-0.39, 0.29) is 17.5 Å². The zero-order valence-corrected chi connectivity index (χ0v) is 9.30. The van der Waals surface area contributed by atoms with Gasteiger partial charge < -0.3 is 6.15 Å². The molecule has 1 saturated heterocycles. The van der Waals surface area contributed by atoms with Crippen molar-refractivity contribution in [3.63, 3.8) is 0 Å². The number of amides is 4. The summed E-state index contributed by atoms with van der Waals surface area (Å²) in [6.45, 7) is 0. The largest absolute Gasteiger partial charge is 0.344 e. The molecule has 1 fully saturated rings. The number of hydrogen-bond donors (Lipinski definition) is 3. The van der Waals surface area contributed by atoms with E-state index < -0.39 is 23.8 Å². The van der Waals surface area contributed by atoms with Gasteiger partial charge in [-0.15, -0.1) is 0 Å². The fourth-order valence-corrected chi connectivity index (χ4v) is 1.48. The molecule has 4 amide bonds. The average Bonchev–Trinajstić information content (AvgIpc) is 2.25. The Balaban J connectivity index is 0.00000162.